The van der Waals surface area contributed by atoms with Gasteiger partial charge >= 0.3 is 0 Å². The number of benzene rings is 2. The van der Waals surface area contributed by atoms with E-state index in [1.807, 2.05) is 0 Å². The molecule has 0 bridgehead atoms. The van der Waals surface area contributed by atoms with E-state index in [1.165, 1.54) is 31.4 Å². The highest BCUT2D eigenvalue weighted by Gasteiger charge is 2.41. The minimum Gasteiger partial charge on any atom is -0.394 e. The van der Waals surface area contributed by atoms with E-state index in [-0.39, 0.29) is 46.4 Å². The average molecular weight is 428 g/mol. The molecule has 2 aromatic carbocycles. The highest BCUT2D eigenvalue weighted by Crippen LogP contribution is 2.38. The van der Waals surface area contributed by atoms with Gasteiger partial charge in [-0.3, -0.25) is 24.1 Å². The Morgan fingerprint density at radius 2 is 1.23 bits per heavy atom. The van der Waals surface area contributed by atoms with Gasteiger partial charge in [0, 0.05) is 40.1 Å². The van der Waals surface area contributed by atoms with Crippen molar-refractivity contribution >= 4 is 34.4 Å². The van der Waals surface area contributed by atoms with E-state index in [2.05, 4.69) is 0 Å². The molecule has 4 rings (SSSR count). The maximum atomic E-state index is 13.0. The third-order valence-corrected chi connectivity index (χ3v) is 5.45. The van der Waals surface area contributed by atoms with Crippen molar-refractivity contribution in [2.24, 2.45) is 0 Å². The zero-order valence-corrected chi connectivity index (χ0v) is 16.7. The van der Waals surface area contributed by atoms with Crippen LogP contribution in [0.1, 0.15) is 41.4 Å². The molecule has 2 aliphatic rings. The van der Waals surface area contributed by atoms with E-state index in [1.54, 1.807) is 0 Å². The predicted octanol–water partition coefficient (Wildman–Crippen LogP) is 0.00550. The summed E-state index contributed by atoms with van der Waals surface area (Å²) in [5.74, 6) is -2.60. The van der Waals surface area contributed by atoms with E-state index >= 15 is 0 Å². The molecule has 4 amide bonds. The first-order valence-electron chi connectivity index (χ1n) is 9.58. The molecule has 10 nitrogen and oxygen atoms in total. The summed E-state index contributed by atoms with van der Waals surface area (Å²) in [7, 11) is 1.50. The molecule has 0 aromatic heterocycles. The van der Waals surface area contributed by atoms with Gasteiger partial charge in [0.05, 0.1) is 32.5 Å². The van der Waals surface area contributed by atoms with Crippen LogP contribution in [0.4, 0.5) is 0 Å². The molecule has 0 fully saturated rings. The Morgan fingerprint density at radius 1 is 0.774 bits per heavy atom. The second kappa shape index (κ2) is 8.16. The molecule has 0 aliphatic carbocycles. The second-order valence-electron chi connectivity index (χ2n) is 7.14. The van der Waals surface area contributed by atoms with Crippen LogP contribution in [0.15, 0.2) is 24.3 Å². The monoisotopic (exact) mass is 428 g/mol. The molecule has 2 N–H and O–H groups in total. The number of amides is 4. The van der Waals surface area contributed by atoms with Crippen LogP contribution >= 0.6 is 0 Å². The number of methoxy groups -OCH3 is 1. The van der Waals surface area contributed by atoms with E-state index in [9.17, 15) is 29.4 Å². The smallest absolute Gasteiger partial charge is 0.263 e. The minimum absolute atomic E-state index is 0.118. The zero-order valence-electron chi connectivity index (χ0n) is 16.7. The molecule has 2 heterocycles. The van der Waals surface area contributed by atoms with Gasteiger partial charge in [-0.2, -0.15) is 0 Å². The molecule has 2 aromatic rings. The summed E-state index contributed by atoms with van der Waals surface area (Å²) in [5, 5.41) is 19.4. The van der Waals surface area contributed by atoms with Crippen molar-refractivity contribution in [2.45, 2.75) is 6.04 Å². The van der Waals surface area contributed by atoms with E-state index in [4.69, 9.17) is 9.47 Å². The van der Waals surface area contributed by atoms with E-state index < -0.39 is 42.9 Å². The molecule has 2 aliphatic heterocycles. The fourth-order valence-corrected chi connectivity index (χ4v) is 3.91. The summed E-state index contributed by atoms with van der Waals surface area (Å²) in [5.41, 5.74) is 0.598. The lowest BCUT2D eigenvalue weighted by molar-refractivity contribution is 0.00741. The molecule has 0 unspecified atom stereocenters. The second-order valence-corrected chi connectivity index (χ2v) is 7.14. The molecule has 0 radical (unpaired) electrons. The van der Waals surface area contributed by atoms with Crippen LogP contribution in [0, 0.1) is 0 Å². The SMILES string of the molecule is COCCOCN1C(=O)c2ccc3c4c(ccc(c24)C1=O)C(=O)N(C(CO)CO)C3=O. The molecule has 10 heteroatoms. The van der Waals surface area contributed by atoms with Crippen molar-refractivity contribution < 1.29 is 38.9 Å². The van der Waals surface area contributed by atoms with Crippen molar-refractivity contribution in [1.82, 2.24) is 9.80 Å². The Balaban J connectivity index is 1.82. The van der Waals surface area contributed by atoms with Crippen LogP contribution in [0.25, 0.3) is 10.8 Å². The van der Waals surface area contributed by atoms with Crippen LogP contribution < -0.4 is 0 Å². The summed E-state index contributed by atoms with van der Waals surface area (Å²) < 4.78 is 10.2. The first-order chi connectivity index (χ1) is 15.0. The summed E-state index contributed by atoms with van der Waals surface area (Å²) >= 11 is 0. The highest BCUT2D eigenvalue weighted by molar-refractivity contribution is 6.33. The minimum atomic E-state index is -1.10. The maximum Gasteiger partial charge on any atom is 0.263 e. The topological polar surface area (TPSA) is 134 Å². The summed E-state index contributed by atoms with van der Waals surface area (Å²) in [6.45, 7) is -0.955. The standard InChI is InChI=1S/C21H20N2O8/c1-30-6-7-31-10-22-18(26)12-2-4-14-17-15(5-3-13(16(12)17)19(22)27)21(29)23(20(14)28)11(8-24)9-25/h2-5,11,24-25H,6-10H2,1H3. The van der Waals surface area contributed by atoms with Crippen molar-refractivity contribution in [3.8, 4) is 0 Å². The number of carbonyl (C=O) groups is 4. The van der Waals surface area contributed by atoms with Gasteiger partial charge in [0.15, 0.2) is 0 Å². The van der Waals surface area contributed by atoms with Gasteiger partial charge < -0.3 is 19.7 Å². The molecule has 162 valence electrons. The van der Waals surface area contributed by atoms with Crippen LogP contribution in [0.3, 0.4) is 0 Å². The van der Waals surface area contributed by atoms with Crippen LogP contribution in [-0.4, -0.2) is 90.0 Å². The third-order valence-electron chi connectivity index (χ3n) is 5.45. The number of nitrogens with zero attached hydrogens (tertiary/aromatic N) is 2. The Morgan fingerprint density at radius 3 is 1.65 bits per heavy atom. The number of aliphatic hydroxyl groups is 2. The first-order valence-corrected chi connectivity index (χ1v) is 9.58. The van der Waals surface area contributed by atoms with E-state index in [0.717, 1.165) is 9.80 Å². The Hall–Kier alpha value is -3.18. The lowest BCUT2D eigenvalue weighted by Crippen LogP contribution is -2.50. The zero-order chi connectivity index (χ0) is 22.3. The third kappa shape index (κ3) is 3.12. The van der Waals surface area contributed by atoms with Gasteiger partial charge in [0.2, 0.25) is 0 Å². The fourth-order valence-electron chi connectivity index (χ4n) is 3.91. The predicted molar refractivity (Wildman–Crippen MR) is 106 cm³/mol. The van der Waals surface area contributed by atoms with Crippen molar-refractivity contribution in [3.63, 3.8) is 0 Å². The van der Waals surface area contributed by atoms with Crippen LogP contribution in [0.2, 0.25) is 0 Å². The van der Waals surface area contributed by atoms with Gasteiger partial charge in [0.1, 0.15) is 6.73 Å². The number of hydrogen-bond acceptors (Lipinski definition) is 8. The number of rotatable bonds is 8. The summed E-state index contributed by atoms with van der Waals surface area (Å²) in [4.78, 5) is 53.7. The molecule has 0 saturated carbocycles. The summed E-state index contributed by atoms with van der Waals surface area (Å²) in [6.07, 6.45) is 0. The molecule has 0 atom stereocenters. The highest BCUT2D eigenvalue weighted by atomic mass is 16.5. The molecule has 0 saturated heterocycles. The van der Waals surface area contributed by atoms with Crippen molar-refractivity contribution in [3.05, 3.63) is 46.5 Å². The van der Waals surface area contributed by atoms with Crippen LogP contribution in [0.5, 0.6) is 0 Å². The van der Waals surface area contributed by atoms with E-state index in [0.29, 0.717) is 6.61 Å². The normalized spacial score (nSPS) is 15.6. The Labute approximate surface area is 176 Å². The Kier molecular flexibility index (Phi) is 5.54. The lowest BCUT2D eigenvalue weighted by Gasteiger charge is -2.34. The average Bonchev–Trinajstić information content (AvgIpc) is 2.78. The number of hydrogen-bond donors (Lipinski definition) is 2. The van der Waals surface area contributed by atoms with Crippen LogP contribution in [-0.2, 0) is 9.47 Å². The Bertz CT molecular complexity index is 1040. The number of ether oxygens (including phenoxy) is 2. The van der Waals surface area contributed by atoms with Crippen molar-refractivity contribution in [1.29, 1.82) is 0 Å². The molecule has 0 spiro atoms. The summed E-state index contributed by atoms with van der Waals surface area (Å²) in [6, 6.07) is 4.59. The quantitative estimate of drug-likeness (QED) is 0.444. The maximum absolute atomic E-state index is 13.0. The van der Waals surface area contributed by atoms with Crippen molar-refractivity contribution in [2.75, 3.05) is 40.3 Å². The molecular weight excluding hydrogens is 408 g/mol. The number of carbonyl (C=O) groups excluding carboxylic acids is 4. The van der Waals surface area contributed by atoms with Gasteiger partial charge in [-0.15, -0.1) is 0 Å². The lowest BCUT2D eigenvalue weighted by atomic mass is 9.85. The van der Waals surface area contributed by atoms with Gasteiger partial charge in [0.25, 0.3) is 23.6 Å². The van der Waals surface area contributed by atoms with Gasteiger partial charge in [-0.1, -0.05) is 0 Å². The van der Waals surface area contributed by atoms with Gasteiger partial charge in [-0.25, -0.2) is 4.90 Å². The van der Waals surface area contributed by atoms with Gasteiger partial charge in [-0.05, 0) is 24.3 Å². The largest absolute Gasteiger partial charge is 0.394 e. The molecule has 31 heavy (non-hydrogen) atoms. The molecular formula is C21H20N2O8. The number of imide groups is 2. The number of aliphatic hydroxyl groups excluding tert-OH is 2. The fraction of sp³-hybridized carbons (Fsp3) is 0.333. The first kappa shape index (κ1) is 21.1.